The summed E-state index contributed by atoms with van der Waals surface area (Å²) >= 11 is 1.94. The second-order valence-electron chi connectivity index (χ2n) is 6.66. The molecule has 0 bridgehead atoms. The van der Waals surface area contributed by atoms with E-state index in [2.05, 4.69) is 13.8 Å². The van der Waals surface area contributed by atoms with Gasteiger partial charge < -0.3 is 9.47 Å². The summed E-state index contributed by atoms with van der Waals surface area (Å²) in [4.78, 5) is 12.3. The number of hydrogen-bond acceptors (Lipinski definition) is 4. The first-order valence-electron chi connectivity index (χ1n) is 7.50. The van der Waals surface area contributed by atoms with Crippen molar-refractivity contribution in [2.45, 2.75) is 51.7 Å². The molecule has 2 saturated heterocycles. The van der Waals surface area contributed by atoms with Crippen LogP contribution in [0.2, 0.25) is 0 Å². The van der Waals surface area contributed by atoms with E-state index in [1.807, 2.05) is 11.8 Å². The number of hydrogen-bond donors (Lipinski definition) is 0. The molecule has 3 rings (SSSR count). The van der Waals surface area contributed by atoms with Crippen LogP contribution in [0.25, 0.3) is 0 Å². The Morgan fingerprint density at radius 3 is 2.74 bits per heavy atom. The Morgan fingerprint density at radius 1 is 1.26 bits per heavy atom. The van der Waals surface area contributed by atoms with Gasteiger partial charge in [0.05, 0.1) is 12.0 Å². The normalized spacial score (nSPS) is 38.1. The number of carbonyl (C=O) groups excluding carboxylic acids is 1. The van der Waals surface area contributed by atoms with E-state index in [4.69, 9.17) is 9.47 Å². The Kier molecular flexibility index (Phi) is 3.82. The lowest BCUT2D eigenvalue weighted by molar-refractivity contribution is -0.256. The van der Waals surface area contributed by atoms with E-state index in [-0.39, 0.29) is 23.4 Å². The van der Waals surface area contributed by atoms with E-state index in [9.17, 15) is 4.79 Å². The molecule has 0 aromatic heterocycles. The number of fused-ring (bicyclic) bond motifs is 1. The van der Waals surface area contributed by atoms with Gasteiger partial charge in [-0.05, 0) is 37.2 Å². The minimum absolute atomic E-state index is 0.00976. The van der Waals surface area contributed by atoms with Gasteiger partial charge in [0.15, 0.2) is 0 Å². The van der Waals surface area contributed by atoms with Crippen molar-refractivity contribution in [2.75, 3.05) is 18.1 Å². The highest BCUT2D eigenvalue weighted by atomic mass is 32.2. The molecule has 0 N–H and O–H groups in total. The fourth-order valence-corrected chi connectivity index (χ4v) is 4.98. The maximum atomic E-state index is 12.3. The predicted octanol–water partition coefficient (Wildman–Crippen LogP) is 2.88. The Balaban J connectivity index is 1.61. The number of ether oxygens (including phenoxy) is 2. The molecule has 3 atom stereocenters. The van der Waals surface area contributed by atoms with Crippen LogP contribution in [0.3, 0.4) is 0 Å². The van der Waals surface area contributed by atoms with Gasteiger partial charge in [0.1, 0.15) is 6.10 Å². The standard InChI is InChI=1S/C15H24O3S/c1-15(2)12-11(4-3-7-17-12)13(15)18-14(16)10-5-8-19-9-6-10/h10-13H,3-9H2,1-2H3/t11-,12+,13+/m0/s1. The summed E-state index contributed by atoms with van der Waals surface area (Å²) in [7, 11) is 0. The Labute approximate surface area is 119 Å². The molecule has 0 aromatic carbocycles. The molecule has 3 fully saturated rings. The van der Waals surface area contributed by atoms with Crippen molar-refractivity contribution in [1.29, 1.82) is 0 Å². The third kappa shape index (κ3) is 2.42. The third-order valence-electron chi connectivity index (χ3n) is 5.02. The van der Waals surface area contributed by atoms with Crippen LogP contribution in [0.1, 0.15) is 39.5 Å². The number of esters is 1. The van der Waals surface area contributed by atoms with E-state index in [1.165, 1.54) is 0 Å². The Hall–Kier alpha value is -0.220. The molecule has 3 aliphatic rings. The van der Waals surface area contributed by atoms with Crippen LogP contribution in [-0.4, -0.2) is 36.3 Å². The van der Waals surface area contributed by atoms with Crippen LogP contribution in [0.5, 0.6) is 0 Å². The predicted molar refractivity (Wildman–Crippen MR) is 76.2 cm³/mol. The third-order valence-corrected chi connectivity index (χ3v) is 6.07. The van der Waals surface area contributed by atoms with Crippen LogP contribution in [0.15, 0.2) is 0 Å². The van der Waals surface area contributed by atoms with E-state index in [0.717, 1.165) is 43.8 Å². The van der Waals surface area contributed by atoms with Crippen molar-refractivity contribution in [1.82, 2.24) is 0 Å². The van der Waals surface area contributed by atoms with Crippen molar-refractivity contribution in [3.8, 4) is 0 Å². The van der Waals surface area contributed by atoms with E-state index in [0.29, 0.717) is 12.0 Å². The van der Waals surface area contributed by atoms with E-state index < -0.39 is 0 Å². The van der Waals surface area contributed by atoms with Gasteiger partial charge in [-0.2, -0.15) is 11.8 Å². The largest absolute Gasteiger partial charge is 0.461 e. The molecule has 0 spiro atoms. The van der Waals surface area contributed by atoms with Gasteiger partial charge in [-0.25, -0.2) is 0 Å². The molecule has 0 radical (unpaired) electrons. The molecule has 3 nitrogen and oxygen atoms in total. The summed E-state index contributed by atoms with van der Waals surface area (Å²) in [5.74, 6) is 2.82. The average Bonchev–Trinajstić information content (AvgIpc) is 2.45. The highest BCUT2D eigenvalue weighted by Crippen LogP contribution is 2.53. The Morgan fingerprint density at radius 2 is 2.00 bits per heavy atom. The lowest BCUT2D eigenvalue weighted by Crippen LogP contribution is -2.65. The fraction of sp³-hybridized carbons (Fsp3) is 0.933. The molecule has 0 amide bonds. The summed E-state index contributed by atoms with van der Waals surface area (Å²) < 4.78 is 11.7. The van der Waals surface area contributed by atoms with Crippen molar-refractivity contribution in [2.24, 2.45) is 17.3 Å². The van der Waals surface area contributed by atoms with Gasteiger partial charge in [0, 0.05) is 17.9 Å². The smallest absolute Gasteiger partial charge is 0.309 e. The summed E-state index contributed by atoms with van der Waals surface area (Å²) in [6, 6.07) is 0. The first kappa shape index (κ1) is 13.7. The Bertz CT molecular complexity index is 349. The first-order chi connectivity index (χ1) is 9.10. The van der Waals surface area contributed by atoms with Crippen LogP contribution < -0.4 is 0 Å². The zero-order valence-corrected chi connectivity index (χ0v) is 12.7. The number of carbonyl (C=O) groups is 1. The van der Waals surface area contributed by atoms with Gasteiger partial charge in [-0.15, -0.1) is 0 Å². The zero-order chi connectivity index (χ0) is 13.5. The van der Waals surface area contributed by atoms with Crippen molar-refractivity contribution in [3.63, 3.8) is 0 Å². The lowest BCUT2D eigenvalue weighted by atomic mass is 9.56. The van der Waals surface area contributed by atoms with Gasteiger partial charge in [0.2, 0.25) is 0 Å². The van der Waals surface area contributed by atoms with Crippen molar-refractivity contribution >= 4 is 17.7 Å². The molecular formula is C15H24O3S. The zero-order valence-electron chi connectivity index (χ0n) is 11.9. The summed E-state index contributed by atoms with van der Waals surface area (Å²) in [5.41, 5.74) is -0.00976. The van der Waals surface area contributed by atoms with E-state index in [1.54, 1.807) is 0 Å². The molecule has 2 heterocycles. The second-order valence-corrected chi connectivity index (χ2v) is 7.89. The van der Waals surface area contributed by atoms with Crippen LogP contribution in [0.4, 0.5) is 0 Å². The van der Waals surface area contributed by atoms with Gasteiger partial charge in [-0.3, -0.25) is 4.79 Å². The summed E-state index contributed by atoms with van der Waals surface area (Å²) in [6.45, 7) is 5.22. The molecule has 1 saturated carbocycles. The van der Waals surface area contributed by atoms with Gasteiger partial charge >= 0.3 is 5.97 Å². The van der Waals surface area contributed by atoms with Crippen LogP contribution in [-0.2, 0) is 14.3 Å². The highest BCUT2D eigenvalue weighted by Gasteiger charge is 2.60. The summed E-state index contributed by atoms with van der Waals surface area (Å²) in [5, 5.41) is 0. The maximum absolute atomic E-state index is 12.3. The topological polar surface area (TPSA) is 35.5 Å². The van der Waals surface area contributed by atoms with E-state index >= 15 is 0 Å². The van der Waals surface area contributed by atoms with Gasteiger partial charge in [-0.1, -0.05) is 13.8 Å². The average molecular weight is 284 g/mol. The van der Waals surface area contributed by atoms with Crippen molar-refractivity contribution in [3.05, 3.63) is 0 Å². The summed E-state index contributed by atoms with van der Waals surface area (Å²) in [6.07, 6.45) is 4.58. The molecule has 0 aromatic rings. The minimum Gasteiger partial charge on any atom is -0.461 e. The fourth-order valence-electron chi connectivity index (χ4n) is 3.87. The quantitative estimate of drug-likeness (QED) is 0.731. The number of rotatable bonds is 2. The first-order valence-corrected chi connectivity index (χ1v) is 8.66. The molecule has 1 aliphatic carbocycles. The molecule has 0 unspecified atom stereocenters. The van der Waals surface area contributed by atoms with Crippen LogP contribution >= 0.6 is 11.8 Å². The van der Waals surface area contributed by atoms with Crippen molar-refractivity contribution < 1.29 is 14.3 Å². The molecule has 108 valence electrons. The molecule has 4 heteroatoms. The monoisotopic (exact) mass is 284 g/mol. The van der Waals surface area contributed by atoms with Crippen LogP contribution in [0, 0.1) is 17.3 Å². The molecule has 2 aliphatic heterocycles. The second kappa shape index (κ2) is 5.28. The minimum atomic E-state index is -0.00976. The van der Waals surface area contributed by atoms with Gasteiger partial charge in [0.25, 0.3) is 0 Å². The molecular weight excluding hydrogens is 260 g/mol. The maximum Gasteiger partial charge on any atom is 0.309 e. The lowest BCUT2D eigenvalue weighted by Gasteiger charge is -2.58. The SMILES string of the molecule is CC1(C)[C@@H]2OCCC[C@@H]2[C@H]1OC(=O)C1CCSCC1. The number of thioether (sulfide) groups is 1. The molecule has 19 heavy (non-hydrogen) atoms. The highest BCUT2D eigenvalue weighted by molar-refractivity contribution is 7.99.